The molecule has 6 heteroatoms. The van der Waals surface area contributed by atoms with Crippen molar-refractivity contribution in [3.05, 3.63) is 85.1 Å². The van der Waals surface area contributed by atoms with E-state index in [1.54, 1.807) is 12.1 Å². The zero-order valence-corrected chi connectivity index (χ0v) is 17.9. The molecule has 0 fully saturated rings. The highest BCUT2D eigenvalue weighted by atomic mass is 32.2. The Morgan fingerprint density at radius 3 is 2.27 bits per heavy atom. The lowest BCUT2D eigenvalue weighted by Gasteiger charge is -2.12. The average molecular weight is 420 g/mol. The van der Waals surface area contributed by atoms with Crippen molar-refractivity contribution in [2.75, 3.05) is 25.4 Å². The molecule has 5 nitrogen and oxygen atoms in total. The van der Waals surface area contributed by atoms with E-state index in [2.05, 4.69) is 14.2 Å². The molecule has 0 unspecified atom stereocenters. The number of likely N-dealkylation sites (N-methyl/N-ethyl adjacent to an activating group) is 1. The highest BCUT2D eigenvalue weighted by molar-refractivity contribution is 7.92. The van der Waals surface area contributed by atoms with E-state index in [4.69, 9.17) is 0 Å². The van der Waals surface area contributed by atoms with Crippen LogP contribution in [0, 0.1) is 0 Å². The van der Waals surface area contributed by atoms with Gasteiger partial charge in [-0.2, -0.15) is 0 Å². The molecular formula is C24H25N3O2S. The Morgan fingerprint density at radius 1 is 0.867 bits per heavy atom. The van der Waals surface area contributed by atoms with Gasteiger partial charge in [-0.05, 0) is 61.6 Å². The minimum atomic E-state index is -3.66. The molecule has 0 bridgehead atoms. The second-order valence-electron chi connectivity index (χ2n) is 7.58. The van der Waals surface area contributed by atoms with Crippen LogP contribution in [0.5, 0.6) is 0 Å². The number of nitrogens with zero attached hydrogens (tertiary/aromatic N) is 2. The summed E-state index contributed by atoms with van der Waals surface area (Å²) in [5.74, 6) is 0. The second-order valence-corrected chi connectivity index (χ2v) is 9.26. The first kappa shape index (κ1) is 20.2. The van der Waals surface area contributed by atoms with E-state index >= 15 is 0 Å². The van der Waals surface area contributed by atoms with Crippen LogP contribution in [0.15, 0.2) is 90.0 Å². The lowest BCUT2D eigenvalue weighted by molar-refractivity contribution is 0.387. The molecule has 0 aliphatic carbocycles. The highest BCUT2D eigenvalue weighted by Crippen LogP contribution is 2.25. The summed E-state index contributed by atoms with van der Waals surface area (Å²) >= 11 is 0. The van der Waals surface area contributed by atoms with Crippen molar-refractivity contribution in [2.24, 2.45) is 0 Å². The molecule has 0 atom stereocenters. The Labute approximate surface area is 177 Å². The Kier molecular flexibility index (Phi) is 5.61. The fourth-order valence-corrected chi connectivity index (χ4v) is 4.49. The molecule has 4 rings (SSSR count). The van der Waals surface area contributed by atoms with Gasteiger partial charge in [-0.3, -0.25) is 4.72 Å². The van der Waals surface area contributed by atoms with Gasteiger partial charge in [0.05, 0.1) is 4.90 Å². The summed E-state index contributed by atoms with van der Waals surface area (Å²) in [7, 11) is 0.434. The van der Waals surface area contributed by atoms with Gasteiger partial charge in [-0.25, -0.2) is 8.42 Å². The fraction of sp³-hybridized carbons (Fsp3) is 0.167. The van der Waals surface area contributed by atoms with E-state index in [9.17, 15) is 8.42 Å². The van der Waals surface area contributed by atoms with Crippen LogP contribution in [0.1, 0.15) is 0 Å². The van der Waals surface area contributed by atoms with Gasteiger partial charge in [-0.1, -0.05) is 42.5 Å². The first-order valence-corrected chi connectivity index (χ1v) is 11.3. The van der Waals surface area contributed by atoms with Crippen molar-refractivity contribution in [3.8, 4) is 11.1 Å². The summed E-state index contributed by atoms with van der Waals surface area (Å²) in [6, 6.07) is 24.5. The summed E-state index contributed by atoms with van der Waals surface area (Å²) < 4.78 is 30.6. The van der Waals surface area contributed by atoms with Crippen LogP contribution in [0.2, 0.25) is 0 Å². The number of fused-ring (bicyclic) bond motifs is 1. The molecule has 0 aliphatic heterocycles. The first-order valence-electron chi connectivity index (χ1n) is 9.84. The van der Waals surface area contributed by atoms with E-state index in [-0.39, 0.29) is 4.90 Å². The largest absolute Gasteiger partial charge is 0.346 e. The predicted molar refractivity (Wildman–Crippen MR) is 123 cm³/mol. The van der Waals surface area contributed by atoms with Crippen LogP contribution in [-0.2, 0) is 16.6 Å². The topological polar surface area (TPSA) is 54.3 Å². The quantitative estimate of drug-likeness (QED) is 0.474. The van der Waals surface area contributed by atoms with Crippen molar-refractivity contribution in [2.45, 2.75) is 11.4 Å². The maximum absolute atomic E-state index is 12.8. The molecule has 0 amide bonds. The second kappa shape index (κ2) is 8.34. The average Bonchev–Trinajstić information content (AvgIpc) is 3.15. The summed E-state index contributed by atoms with van der Waals surface area (Å²) in [5, 5.41) is 1.01. The molecule has 4 aromatic rings. The monoisotopic (exact) mass is 419 g/mol. The fourth-order valence-electron chi connectivity index (χ4n) is 3.44. The molecule has 0 radical (unpaired) electrons. The van der Waals surface area contributed by atoms with Crippen molar-refractivity contribution < 1.29 is 8.42 Å². The van der Waals surface area contributed by atoms with Gasteiger partial charge in [0.1, 0.15) is 0 Å². The molecule has 154 valence electrons. The lowest BCUT2D eigenvalue weighted by atomic mass is 10.1. The first-order chi connectivity index (χ1) is 14.4. The van der Waals surface area contributed by atoms with Gasteiger partial charge in [-0.15, -0.1) is 0 Å². The van der Waals surface area contributed by atoms with Gasteiger partial charge >= 0.3 is 0 Å². The van der Waals surface area contributed by atoms with Crippen LogP contribution in [0.4, 0.5) is 5.69 Å². The van der Waals surface area contributed by atoms with Crippen LogP contribution >= 0.6 is 0 Å². The maximum Gasteiger partial charge on any atom is 0.261 e. The van der Waals surface area contributed by atoms with Gasteiger partial charge in [0.2, 0.25) is 0 Å². The molecule has 0 saturated heterocycles. The van der Waals surface area contributed by atoms with Crippen molar-refractivity contribution in [1.29, 1.82) is 0 Å². The van der Waals surface area contributed by atoms with Gasteiger partial charge in [0.15, 0.2) is 0 Å². The number of nitrogens with one attached hydrogen (secondary N) is 1. The summed E-state index contributed by atoms with van der Waals surface area (Å²) in [5.41, 5.74) is 3.68. The van der Waals surface area contributed by atoms with Crippen molar-refractivity contribution >= 4 is 26.6 Å². The third kappa shape index (κ3) is 4.40. The predicted octanol–water partition coefficient (Wildman–Crippen LogP) is 4.67. The molecule has 1 heterocycles. The van der Waals surface area contributed by atoms with Crippen molar-refractivity contribution in [3.63, 3.8) is 0 Å². The highest BCUT2D eigenvalue weighted by Gasteiger charge is 2.15. The Balaban J connectivity index is 1.53. The molecule has 0 spiro atoms. The number of hydrogen-bond donors (Lipinski definition) is 1. The third-order valence-corrected chi connectivity index (χ3v) is 6.48. The smallest absolute Gasteiger partial charge is 0.261 e. The van der Waals surface area contributed by atoms with Crippen LogP contribution in [0.3, 0.4) is 0 Å². The number of hydrogen-bond acceptors (Lipinski definition) is 3. The van der Waals surface area contributed by atoms with Crippen LogP contribution < -0.4 is 4.72 Å². The molecule has 0 aliphatic rings. The zero-order chi connectivity index (χ0) is 21.1. The van der Waals surface area contributed by atoms with Gasteiger partial charge in [0, 0.05) is 35.9 Å². The summed E-state index contributed by atoms with van der Waals surface area (Å²) in [6.45, 7) is 1.83. The number of aromatic nitrogens is 1. The zero-order valence-electron chi connectivity index (χ0n) is 17.1. The maximum atomic E-state index is 12.8. The number of sulfonamides is 1. The van der Waals surface area contributed by atoms with Crippen molar-refractivity contribution in [1.82, 2.24) is 9.47 Å². The Bertz CT molecular complexity index is 1240. The lowest BCUT2D eigenvalue weighted by Crippen LogP contribution is -2.17. The van der Waals surface area contributed by atoms with Gasteiger partial charge < -0.3 is 9.47 Å². The Morgan fingerprint density at radius 2 is 1.57 bits per heavy atom. The molecule has 30 heavy (non-hydrogen) atoms. The Hall–Kier alpha value is -3.09. The molecule has 0 saturated carbocycles. The van der Waals surface area contributed by atoms with Crippen LogP contribution in [-0.4, -0.2) is 38.5 Å². The molecular weight excluding hydrogens is 394 g/mol. The molecule has 1 aromatic heterocycles. The van der Waals surface area contributed by atoms with E-state index in [0.717, 1.165) is 35.1 Å². The molecule has 1 N–H and O–H groups in total. The van der Waals surface area contributed by atoms with E-state index in [0.29, 0.717) is 5.69 Å². The SMILES string of the molecule is CN(C)CCn1ccc2cc(NS(=O)(=O)c3ccc(-c4ccccc4)cc3)ccc21. The standard InChI is InChI=1S/C24H25N3O2S/c1-26(2)16-17-27-15-14-21-18-22(10-13-24(21)27)25-30(28,29)23-11-8-20(9-12-23)19-6-4-3-5-7-19/h3-15,18,25H,16-17H2,1-2H3. The number of benzene rings is 3. The molecule has 3 aromatic carbocycles. The summed E-state index contributed by atoms with van der Waals surface area (Å²) in [4.78, 5) is 2.38. The van der Waals surface area contributed by atoms with Crippen LogP contribution in [0.25, 0.3) is 22.0 Å². The van der Waals surface area contributed by atoms with E-state index in [1.165, 1.54) is 0 Å². The van der Waals surface area contributed by atoms with E-state index in [1.807, 2.05) is 87.0 Å². The minimum Gasteiger partial charge on any atom is -0.346 e. The number of rotatable bonds is 7. The normalized spacial score (nSPS) is 11.8. The third-order valence-electron chi connectivity index (χ3n) is 5.08. The van der Waals surface area contributed by atoms with Gasteiger partial charge in [0.25, 0.3) is 10.0 Å². The summed E-state index contributed by atoms with van der Waals surface area (Å²) in [6.07, 6.45) is 2.04. The number of anilines is 1. The van der Waals surface area contributed by atoms with E-state index < -0.39 is 10.0 Å². The minimum absolute atomic E-state index is 0.242.